The second kappa shape index (κ2) is 6.13. The average molecular weight is 297 g/mol. The van der Waals surface area contributed by atoms with Gasteiger partial charge in [-0.3, -0.25) is 0 Å². The summed E-state index contributed by atoms with van der Waals surface area (Å²) in [5, 5.41) is 4.12. The number of rotatable bonds is 4. The molecule has 19 heavy (non-hydrogen) atoms. The zero-order valence-corrected chi connectivity index (χ0v) is 12.2. The van der Waals surface area contributed by atoms with Crippen LogP contribution in [0.3, 0.4) is 0 Å². The molecule has 100 valence electrons. The van der Waals surface area contributed by atoms with E-state index in [2.05, 4.69) is 10.3 Å². The molecular weight excluding hydrogens is 283 g/mol. The molecule has 0 atom stereocenters. The highest BCUT2D eigenvalue weighted by Crippen LogP contribution is 2.27. The number of anilines is 1. The van der Waals surface area contributed by atoms with Gasteiger partial charge >= 0.3 is 0 Å². The van der Waals surface area contributed by atoms with Crippen LogP contribution < -0.4 is 10.1 Å². The van der Waals surface area contributed by atoms with Gasteiger partial charge < -0.3 is 10.1 Å². The molecule has 0 fully saturated rings. The summed E-state index contributed by atoms with van der Waals surface area (Å²) < 4.78 is 5.65. The Morgan fingerprint density at radius 2 is 1.95 bits per heavy atom. The average Bonchev–Trinajstić information content (AvgIpc) is 2.39. The summed E-state index contributed by atoms with van der Waals surface area (Å²) in [5.41, 5.74) is 1.76. The maximum atomic E-state index is 6.10. The number of nitrogens with zero attached hydrogens (tertiary/aromatic N) is 1. The number of halogens is 2. The summed E-state index contributed by atoms with van der Waals surface area (Å²) in [6, 6.07) is 9.24. The molecule has 2 aromatic rings. The first-order valence-electron chi connectivity index (χ1n) is 5.82. The fraction of sp³-hybridized carbons (Fsp3) is 0.214. The van der Waals surface area contributed by atoms with E-state index in [1.165, 1.54) is 0 Å². The quantitative estimate of drug-likeness (QED) is 0.912. The molecule has 1 aromatic heterocycles. The third-order valence-electron chi connectivity index (χ3n) is 2.63. The molecular formula is C14H14Cl2N2O. The van der Waals surface area contributed by atoms with E-state index in [-0.39, 0.29) is 6.61 Å². The molecule has 0 aliphatic heterocycles. The standard InChI is InChI=1S/C14H14Cl2N2O/c1-9-3-5-13(11(16)7-9)19-8-12-10(15)4-6-14(17-2)18-12/h3-7H,8H2,1-2H3,(H,17,18). The minimum absolute atomic E-state index is 0.275. The zero-order valence-electron chi connectivity index (χ0n) is 10.7. The van der Waals surface area contributed by atoms with Gasteiger partial charge in [0.2, 0.25) is 0 Å². The highest BCUT2D eigenvalue weighted by Gasteiger charge is 2.07. The van der Waals surface area contributed by atoms with E-state index in [9.17, 15) is 0 Å². The van der Waals surface area contributed by atoms with Gasteiger partial charge in [-0.1, -0.05) is 29.3 Å². The molecule has 0 radical (unpaired) electrons. The number of hydrogen-bond acceptors (Lipinski definition) is 3. The molecule has 1 N–H and O–H groups in total. The van der Waals surface area contributed by atoms with Crippen LogP contribution in [-0.2, 0) is 6.61 Å². The molecule has 2 rings (SSSR count). The van der Waals surface area contributed by atoms with Crippen molar-refractivity contribution >= 4 is 29.0 Å². The van der Waals surface area contributed by atoms with Gasteiger partial charge in [0.05, 0.1) is 15.7 Å². The molecule has 1 aromatic carbocycles. The van der Waals surface area contributed by atoms with E-state index in [1.54, 1.807) is 13.1 Å². The number of nitrogens with one attached hydrogen (secondary N) is 1. The number of ether oxygens (including phenoxy) is 1. The molecule has 0 aliphatic carbocycles. The van der Waals surface area contributed by atoms with Gasteiger partial charge in [-0.25, -0.2) is 4.98 Å². The fourth-order valence-corrected chi connectivity index (χ4v) is 2.04. The Labute approximate surface area is 122 Å². The molecule has 0 amide bonds. The van der Waals surface area contributed by atoms with E-state index in [0.29, 0.717) is 21.5 Å². The van der Waals surface area contributed by atoms with Crippen LogP contribution in [0.1, 0.15) is 11.3 Å². The van der Waals surface area contributed by atoms with Gasteiger partial charge in [0.1, 0.15) is 18.2 Å². The van der Waals surface area contributed by atoms with Crippen molar-refractivity contribution in [1.29, 1.82) is 0 Å². The van der Waals surface area contributed by atoms with Gasteiger partial charge in [0, 0.05) is 7.05 Å². The largest absolute Gasteiger partial charge is 0.486 e. The van der Waals surface area contributed by atoms with E-state index >= 15 is 0 Å². The van der Waals surface area contributed by atoms with Crippen LogP contribution in [0.4, 0.5) is 5.82 Å². The van der Waals surface area contributed by atoms with Crippen LogP contribution in [0.5, 0.6) is 5.75 Å². The highest BCUT2D eigenvalue weighted by atomic mass is 35.5. The summed E-state index contributed by atoms with van der Waals surface area (Å²) in [4.78, 5) is 4.34. The number of pyridine rings is 1. The maximum Gasteiger partial charge on any atom is 0.138 e. The lowest BCUT2D eigenvalue weighted by Gasteiger charge is -2.10. The number of hydrogen-bond donors (Lipinski definition) is 1. The molecule has 0 spiro atoms. The summed E-state index contributed by atoms with van der Waals surface area (Å²) in [5.74, 6) is 1.37. The lowest BCUT2D eigenvalue weighted by molar-refractivity contribution is 0.302. The maximum absolute atomic E-state index is 6.10. The molecule has 0 saturated heterocycles. The molecule has 0 unspecified atom stereocenters. The summed E-state index contributed by atoms with van der Waals surface area (Å²) in [6.45, 7) is 2.25. The normalized spacial score (nSPS) is 10.3. The van der Waals surface area contributed by atoms with Crippen molar-refractivity contribution in [3.63, 3.8) is 0 Å². The van der Waals surface area contributed by atoms with Crippen molar-refractivity contribution in [2.24, 2.45) is 0 Å². The predicted molar refractivity (Wildman–Crippen MR) is 79.3 cm³/mol. The summed E-state index contributed by atoms with van der Waals surface area (Å²) in [6.07, 6.45) is 0. The summed E-state index contributed by atoms with van der Waals surface area (Å²) >= 11 is 12.2. The Bertz CT molecular complexity index is 588. The Morgan fingerprint density at radius 1 is 1.16 bits per heavy atom. The first-order valence-corrected chi connectivity index (χ1v) is 6.58. The van der Waals surface area contributed by atoms with Gasteiger partial charge in [-0.2, -0.15) is 0 Å². The van der Waals surface area contributed by atoms with Gasteiger partial charge in [0.25, 0.3) is 0 Å². The Morgan fingerprint density at radius 3 is 2.63 bits per heavy atom. The van der Waals surface area contributed by atoms with E-state index < -0.39 is 0 Å². The van der Waals surface area contributed by atoms with Crippen molar-refractivity contribution in [3.05, 3.63) is 51.6 Å². The van der Waals surface area contributed by atoms with Crippen LogP contribution in [0.2, 0.25) is 10.0 Å². The number of benzene rings is 1. The Hall–Kier alpha value is -1.45. The van der Waals surface area contributed by atoms with E-state index in [1.807, 2.05) is 31.2 Å². The van der Waals surface area contributed by atoms with Gasteiger partial charge in [-0.15, -0.1) is 0 Å². The van der Waals surface area contributed by atoms with Crippen LogP contribution in [0.15, 0.2) is 30.3 Å². The van der Waals surface area contributed by atoms with Crippen molar-refractivity contribution in [2.45, 2.75) is 13.5 Å². The smallest absolute Gasteiger partial charge is 0.138 e. The molecule has 0 bridgehead atoms. The molecule has 0 saturated carbocycles. The second-order valence-corrected chi connectivity index (χ2v) is 4.91. The van der Waals surface area contributed by atoms with Crippen LogP contribution in [-0.4, -0.2) is 12.0 Å². The van der Waals surface area contributed by atoms with Crippen molar-refractivity contribution in [3.8, 4) is 5.75 Å². The molecule has 1 heterocycles. The molecule has 0 aliphatic rings. The molecule has 3 nitrogen and oxygen atoms in total. The first kappa shape index (κ1) is 14.0. The second-order valence-electron chi connectivity index (χ2n) is 4.10. The van der Waals surface area contributed by atoms with Gasteiger partial charge in [-0.05, 0) is 36.8 Å². The van der Waals surface area contributed by atoms with Crippen LogP contribution >= 0.6 is 23.2 Å². The Balaban J connectivity index is 2.14. The number of aromatic nitrogens is 1. The third-order valence-corrected chi connectivity index (χ3v) is 3.27. The third kappa shape index (κ3) is 3.52. The fourth-order valence-electron chi connectivity index (χ4n) is 1.59. The monoisotopic (exact) mass is 296 g/mol. The van der Waals surface area contributed by atoms with Crippen molar-refractivity contribution < 1.29 is 4.74 Å². The van der Waals surface area contributed by atoms with Crippen LogP contribution in [0, 0.1) is 6.92 Å². The molecule has 5 heteroatoms. The predicted octanol–water partition coefficient (Wildman–Crippen LogP) is 4.32. The summed E-state index contributed by atoms with van der Waals surface area (Å²) in [7, 11) is 1.80. The Kier molecular flexibility index (Phi) is 4.51. The van der Waals surface area contributed by atoms with E-state index in [0.717, 1.165) is 11.4 Å². The topological polar surface area (TPSA) is 34.1 Å². The SMILES string of the molecule is CNc1ccc(Cl)c(COc2ccc(C)cc2Cl)n1. The van der Waals surface area contributed by atoms with Crippen molar-refractivity contribution in [1.82, 2.24) is 4.98 Å². The zero-order chi connectivity index (χ0) is 13.8. The van der Waals surface area contributed by atoms with E-state index in [4.69, 9.17) is 27.9 Å². The highest BCUT2D eigenvalue weighted by molar-refractivity contribution is 6.32. The first-order chi connectivity index (χ1) is 9.10. The minimum Gasteiger partial charge on any atom is -0.486 e. The van der Waals surface area contributed by atoms with Gasteiger partial charge in [0.15, 0.2) is 0 Å². The van der Waals surface area contributed by atoms with Crippen LogP contribution in [0.25, 0.3) is 0 Å². The lowest BCUT2D eigenvalue weighted by atomic mass is 10.2. The number of aryl methyl sites for hydroxylation is 1. The minimum atomic E-state index is 0.275. The lowest BCUT2D eigenvalue weighted by Crippen LogP contribution is -2.02. The van der Waals surface area contributed by atoms with Crippen molar-refractivity contribution in [2.75, 3.05) is 12.4 Å².